The maximum Gasteiger partial charge on any atom is 0.339 e. The molecule has 1 amide bonds. The van der Waals surface area contributed by atoms with Crippen LogP contribution in [0.1, 0.15) is 15.9 Å². The molecule has 34 heavy (non-hydrogen) atoms. The summed E-state index contributed by atoms with van der Waals surface area (Å²) in [6.07, 6.45) is 0. The van der Waals surface area contributed by atoms with Crippen molar-refractivity contribution in [3.05, 3.63) is 89.7 Å². The Hall–Kier alpha value is -3.43. The van der Waals surface area contributed by atoms with Crippen LogP contribution in [-0.2, 0) is 16.7 Å². The van der Waals surface area contributed by atoms with E-state index in [4.69, 9.17) is 8.92 Å². The number of hydrogen-bond donors (Lipinski definition) is 0. The first-order valence-corrected chi connectivity index (χ1v) is 12.0. The lowest BCUT2D eigenvalue weighted by molar-refractivity contribution is 0.0728. The van der Waals surface area contributed by atoms with Gasteiger partial charge in [0.15, 0.2) is 0 Å². The molecule has 7 nitrogen and oxygen atoms in total. The van der Waals surface area contributed by atoms with Gasteiger partial charge >= 0.3 is 10.1 Å². The molecule has 0 radical (unpaired) electrons. The maximum atomic E-state index is 13.3. The van der Waals surface area contributed by atoms with Crippen molar-refractivity contribution in [3.8, 4) is 11.5 Å². The van der Waals surface area contributed by atoms with E-state index < -0.39 is 15.9 Å². The number of rotatable bonds is 10. The van der Waals surface area contributed by atoms with Gasteiger partial charge in [-0.25, -0.2) is 4.39 Å². The summed E-state index contributed by atoms with van der Waals surface area (Å²) >= 11 is 0. The molecule has 0 spiro atoms. The van der Waals surface area contributed by atoms with Crippen LogP contribution in [0.2, 0.25) is 0 Å². The van der Waals surface area contributed by atoms with Gasteiger partial charge in [-0.2, -0.15) is 8.42 Å². The number of hydrogen-bond acceptors (Lipinski definition) is 6. The average Bonchev–Trinajstić information content (AvgIpc) is 2.82. The molecule has 0 saturated heterocycles. The van der Waals surface area contributed by atoms with Gasteiger partial charge in [-0.3, -0.25) is 4.79 Å². The highest BCUT2D eigenvalue weighted by Crippen LogP contribution is 2.23. The molecule has 3 rings (SSSR count). The molecule has 0 aliphatic heterocycles. The number of carbonyl (C=O) groups excluding carboxylic acids is 1. The summed E-state index contributed by atoms with van der Waals surface area (Å²) in [7, 11) is 1.29. The number of benzene rings is 3. The van der Waals surface area contributed by atoms with Gasteiger partial charge in [-0.05, 0) is 68.2 Å². The largest absolute Gasteiger partial charge is 0.496 e. The number of ether oxygens (including phenoxy) is 1. The van der Waals surface area contributed by atoms with Gasteiger partial charge in [0.2, 0.25) is 0 Å². The van der Waals surface area contributed by atoms with Crippen molar-refractivity contribution in [2.45, 2.75) is 11.4 Å². The Morgan fingerprint density at radius 1 is 0.912 bits per heavy atom. The van der Waals surface area contributed by atoms with Crippen LogP contribution in [0.4, 0.5) is 4.39 Å². The van der Waals surface area contributed by atoms with Gasteiger partial charge in [0.05, 0.1) is 12.7 Å². The third-order valence-electron chi connectivity index (χ3n) is 5.05. The highest BCUT2D eigenvalue weighted by Gasteiger charge is 2.20. The summed E-state index contributed by atoms with van der Waals surface area (Å²) in [5.41, 5.74) is 1.27. The van der Waals surface area contributed by atoms with Crippen molar-refractivity contribution in [1.29, 1.82) is 0 Å². The highest BCUT2D eigenvalue weighted by atomic mass is 32.2. The second kappa shape index (κ2) is 11.1. The highest BCUT2D eigenvalue weighted by molar-refractivity contribution is 7.87. The SMILES string of the molecule is COc1ccccc1C(=O)N(CCN(C)C)Cc1ccc(OS(=O)(=O)c2ccc(F)cc2)cc1. The topological polar surface area (TPSA) is 76.2 Å². The van der Waals surface area contributed by atoms with Gasteiger partial charge in [-0.1, -0.05) is 24.3 Å². The molecular formula is C25H27FN2O5S. The normalized spacial score (nSPS) is 11.3. The Labute approximate surface area is 199 Å². The fraction of sp³-hybridized carbons (Fsp3) is 0.240. The fourth-order valence-corrected chi connectivity index (χ4v) is 4.14. The van der Waals surface area contributed by atoms with Gasteiger partial charge in [0.1, 0.15) is 22.2 Å². The van der Waals surface area contributed by atoms with E-state index in [1.165, 1.54) is 19.2 Å². The van der Waals surface area contributed by atoms with Crippen molar-refractivity contribution < 1.29 is 26.5 Å². The molecule has 3 aromatic rings. The predicted molar refractivity (Wildman–Crippen MR) is 127 cm³/mol. The molecule has 0 aromatic heterocycles. The summed E-state index contributed by atoms with van der Waals surface area (Å²) in [5, 5.41) is 0. The maximum absolute atomic E-state index is 13.3. The number of nitrogens with zero attached hydrogens (tertiary/aromatic N) is 2. The number of carbonyl (C=O) groups is 1. The van der Waals surface area contributed by atoms with Crippen LogP contribution in [-0.4, -0.2) is 58.4 Å². The zero-order valence-corrected chi connectivity index (χ0v) is 20.1. The Balaban J connectivity index is 1.76. The molecule has 0 aliphatic rings. The molecule has 0 bridgehead atoms. The Bertz CT molecular complexity index is 1210. The molecule has 3 aromatic carbocycles. The van der Waals surface area contributed by atoms with E-state index >= 15 is 0 Å². The minimum Gasteiger partial charge on any atom is -0.496 e. The molecule has 0 atom stereocenters. The first-order chi connectivity index (χ1) is 16.2. The van der Waals surface area contributed by atoms with Crippen molar-refractivity contribution in [1.82, 2.24) is 9.80 Å². The lowest BCUT2D eigenvalue weighted by Gasteiger charge is -2.25. The number of likely N-dealkylation sites (N-methyl/N-ethyl adjacent to an activating group) is 1. The van der Waals surface area contributed by atoms with Crippen molar-refractivity contribution in [2.24, 2.45) is 0 Å². The van der Waals surface area contributed by atoms with E-state index in [9.17, 15) is 17.6 Å². The summed E-state index contributed by atoms with van der Waals surface area (Å²) in [6.45, 7) is 1.47. The smallest absolute Gasteiger partial charge is 0.339 e. The molecule has 0 saturated carbocycles. The van der Waals surface area contributed by atoms with Crippen LogP contribution >= 0.6 is 0 Å². The molecule has 9 heteroatoms. The zero-order chi connectivity index (χ0) is 24.7. The molecule has 0 unspecified atom stereocenters. The fourth-order valence-electron chi connectivity index (χ4n) is 3.21. The second-order valence-electron chi connectivity index (χ2n) is 7.87. The lowest BCUT2D eigenvalue weighted by Crippen LogP contribution is -2.36. The second-order valence-corrected chi connectivity index (χ2v) is 9.41. The molecule has 0 heterocycles. The van der Waals surface area contributed by atoms with Crippen LogP contribution in [0, 0.1) is 5.82 Å². The lowest BCUT2D eigenvalue weighted by atomic mass is 10.1. The number of halogens is 1. The van der Waals surface area contributed by atoms with E-state index in [-0.39, 0.29) is 16.6 Å². The third-order valence-corrected chi connectivity index (χ3v) is 6.31. The molecular weight excluding hydrogens is 459 g/mol. The van der Waals surface area contributed by atoms with Crippen molar-refractivity contribution >= 4 is 16.0 Å². The number of amides is 1. The first-order valence-electron chi connectivity index (χ1n) is 10.6. The molecule has 0 fully saturated rings. The average molecular weight is 487 g/mol. The van der Waals surface area contributed by atoms with E-state index in [1.54, 1.807) is 41.3 Å². The summed E-state index contributed by atoms with van der Waals surface area (Å²) in [5.74, 6) is -0.0932. The summed E-state index contributed by atoms with van der Waals surface area (Å²) in [6, 6.07) is 17.9. The zero-order valence-electron chi connectivity index (χ0n) is 19.3. The van der Waals surface area contributed by atoms with Crippen LogP contribution in [0.3, 0.4) is 0 Å². The molecule has 180 valence electrons. The molecule has 0 aliphatic carbocycles. The minimum atomic E-state index is -4.09. The van der Waals surface area contributed by atoms with Crippen LogP contribution in [0.5, 0.6) is 11.5 Å². The summed E-state index contributed by atoms with van der Waals surface area (Å²) < 4.78 is 48.4. The standard InChI is InChI=1S/C25H27FN2O5S/c1-27(2)16-17-28(25(29)23-6-4-5-7-24(23)32-3)18-19-8-12-21(13-9-19)33-34(30,31)22-14-10-20(26)11-15-22/h4-15H,16-18H2,1-3H3. The summed E-state index contributed by atoms with van der Waals surface area (Å²) in [4.78, 5) is 16.8. The van der Waals surface area contributed by atoms with E-state index in [0.717, 1.165) is 29.8 Å². The van der Waals surface area contributed by atoms with Gasteiger partial charge in [0, 0.05) is 19.6 Å². The first kappa shape index (κ1) is 25.2. The Kier molecular flexibility index (Phi) is 8.25. The van der Waals surface area contributed by atoms with Gasteiger partial charge in [0.25, 0.3) is 5.91 Å². The Morgan fingerprint density at radius 2 is 1.56 bits per heavy atom. The monoisotopic (exact) mass is 486 g/mol. The minimum absolute atomic E-state index is 0.115. The van der Waals surface area contributed by atoms with E-state index in [0.29, 0.717) is 30.9 Å². The predicted octanol–water partition coefficient (Wildman–Crippen LogP) is 3.81. The third kappa shape index (κ3) is 6.55. The van der Waals surface area contributed by atoms with Crippen molar-refractivity contribution in [3.63, 3.8) is 0 Å². The van der Waals surface area contributed by atoms with Crippen LogP contribution < -0.4 is 8.92 Å². The van der Waals surface area contributed by atoms with E-state index in [2.05, 4.69) is 0 Å². The van der Waals surface area contributed by atoms with Gasteiger partial charge < -0.3 is 18.7 Å². The number of para-hydroxylation sites is 1. The van der Waals surface area contributed by atoms with Crippen molar-refractivity contribution in [2.75, 3.05) is 34.3 Å². The quantitative estimate of drug-likeness (QED) is 0.406. The molecule has 0 N–H and O–H groups in total. The van der Waals surface area contributed by atoms with Crippen LogP contribution in [0.15, 0.2) is 77.7 Å². The van der Waals surface area contributed by atoms with Crippen LogP contribution in [0.25, 0.3) is 0 Å². The van der Waals surface area contributed by atoms with E-state index in [1.807, 2.05) is 19.0 Å². The number of methoxy groups -OCH3 is 1. The Morgan fingerprint density at radius 3 is 2.18 bits per heavy atom. The van der Waals surface area contributed by atoms with Gasteiger partial charge in [-0.15, -0.1) is 0 Å².